The van der Waals surface area contributed by atoms with Gasteiger partial charge in [0.05, 0.1) is 5.56 Å². The number of halogens is 3. The van der Waals surface area contributed by atoms with Crippen molar-refractivity contribution in [2.24, 2.45) is 0 Å². The Morgan fingerprint density at radius 2 is 1.04 bits per heavy atom. The second-order valence-electron chi connectivity index (χ2n) is 5.95. The lowest BCUT2D eigenvalue weighted by molar-refractivity contribution is -0.137. The number of alkyl halides is 3. The monoisotopic (exact) mass is 332 g/mol. The highest BCUT2D eigenvalue weighted by atomic mass is 19.4. The molecule has 0 fully saturated rings. The summed E-state index contributed by atoms with van der Waals surface area (Å²) in [4.78, 5) is 0. The van der Waals surface area contributed by atoms with Crippen molar-refractivity contribution in [3.05, 3.63) is 78.4 Å². The number of fused-ring (bicyclic) bond motifs is 2. The van der Waals surface area contributed by atoms with Gasteiger partial charge >= 0.3 is 6.18 Å². The molecule has 0 amide bonds. The minimum atomic E-state index is -4.34. The van der Waals surface area contributed by atoms with Crippen LogP contribution >= 0.6 is 0 Å². The van der Waals surface area contributed by atoms with E-state index in [1.807, 2.05) is 48.5 Å². The van der Waals surface area contributed by atoms with E-state index in [1.54, 1.807) is 0 Å². The summed E-state index contributed by atoms with van der Waals surface area (Å²) in [5.41, 5.74) is 1.66. The van der Waals surface area contributed by atoms with Gasteiger partial charge in [0.15, 0.2) is 0 Å². The maximum Gasteiger partial charge on any atom is 0.416 e. The quantitative estimate of drug-likeness (QED) is 0.320. The van der Waals surface area contributed by atoms with Crippen LogP contribution in [-0.4, -0.2) is 7.85 Å². The zero-order valence-electron chi connectivity index (χ0n) is 13.1. The van der Waals surface area contributed by atoms with Crippen LogP contribution in [0.25, 0.3) is 32.7 Å². The summed E-state index contributed by atoms with van der Waals surface area (Å²) in [7, 11) is 6.33. The molecule has 25 heavy (non-hydrogen) atoms. The predicted octanol–water partition coefficient (Wildman–Crippen LogP) is 5.47. The van der Waals surface area contributed by atoms with Crippen LogP contribution in [0.3, 0.4) is 0 Å². The number of hydrogen-bond donors (Lipinski definition) is 0. The Balaban J connectivity index is 2.07. The van der Waals surface area contributed by atoms with Crippen LogP contribution in [0.2, 0.25) is 0 Å². The van der Waals surface area contributed by atoms with Gasteiger partial charge < -0.3 is 0 Å². The smallest absolute Gasteiger partial charge is 0.166 e. The zero-order valence-corrected chi connectivity index (χ0v) is 13.1. The molecule has 0 aromatic heterocycles. The summed E-state index contributed by atoms with van der Waals surface area (Å²) in [5, 5.41) is 3.66. The SMILES string of the molecule is [B]c1c2ccccc2c(-c2ccc(C(F)(F)F)cc2)c2ccccc12. The fourth-order valence-corrected chi connectivity index (χ4v) is 3.30. The molecule has 120 valence electrons. The maximum absolute atomic E-state index is 12.9. The number of hydrogen-bond acceptors (Lipinski definition) is 0. The van der Waals surface area contributed by atoms with Gasteiger partial charge in [-0.3, -0.25) is 0 Å². The summed E-state index contributed by atoms with van der Waals surface area (Å²) in [5.74, 6) is 0. The van der Waals surface area contributed by atoms with Gasteiger partial charge in [0, 0.05) is 0 Å². The molecule has 0 bridgehead atoms. The zero-order chi connectivity index (χ0) is 17.6. The largest absolute Gasteiger partial charge is 0.416 e. The molecule has 0 spiro atoms. The van der Waals surface area contributed by atoms with Crippen LogP contribution in [0.5, 0.6) is 0 Å². The number of rotatable bonds is 1. The Bertz CT molecular complexity index is 1020. The molecule has 2 radical (unpaired) electrons. The summed E-state index contributed by atoms with van der Waals surface area (Å²) in [6.45, 7) is 0. The van der Waals surface area contributed by atoms with Gasteiger partial charge in [-0.2, -0.15) is 13.2 Å². The van der Waals surface area contributed by atoms with Crippen molar-refractivity contribution in [2.75, 3.05) is 0 Å². The molecule has 0 aliphatic carbocycles. The minimum Gasteiger partial charge on any atom is -0.166 e. The lowest BCUT2D eigenvalue weighted by Gasteiger charge is -2.16. The average Bonchev–Trinajstić information content (AvgIpc) is 2.62. The Hall–Kier alpha value is -2.75. The topological polar surface area (TPSA) is 0 Å². The Kier molecular flexibility index (Phi) is 3.57. The average molecular weight is 332 g/mol. The van der Waals surface area contributed by atoms with Crippen LogP contribution < -0.4 is 5.46 Å². The van der Waals surface area contributed by atoms with Crippen LogP contribution in [0.1, 0.15) is 5.56 Å². The van der Waals surface area contributed by atoms with Crippen LogP contribution in [-0.2, 0) is 6.18 Å². The lowest BCUT2D eigenvalue weighted by Crippen LogP contribution is -2.07. The van der Waals surface area contributed by atoms with E-state index in [0.717, 1.165) is 44.8 Å². The van der Waals surface area contributed by atoms with Crippen molar-refractivity contribution in [3.63, 3.8) is 0 Å². The van der Waals surface area contributed by atoms with Crippen LogP contribution in [0.4, 0.5) is 13.2 Å². The fourth-order valence-electron chi connectivity index (χ4n) is 3.30. The van der Waals surface area contributed by atoms with E-state index in [1.165, 1.54) is 12.1 Å². The van der Waals surface area contributed by atoms with Gasteiger partial charge in [0.25, 0.3) is 0 Å². The minimum absolute atomic E-state index is 0.652. The van der Waals surface area contributed by atoms with Crippen molar-refractivity contribution in [2.45, 2.75) is 6.18 Å². The van der Waals surface area contributed by atoms with Crippen molar-refractivity contribution < 1.29 is 13.2 Å². The Morgan fingerprint density at radius 3 is 1.48 bits per heavy atom. The molecule has 0 N–H and O–H groups in total. The second kappa shape index (κ2) is 5.66. The van der Waals surface area contributed by atoms with Crippen molar-refractivity contribution in [1.29, 1.82) is 0 Å². The standard InChI is InChI=1S/C21H12BF3/c22-20-17-7-3-1-5-15(17)19(16-6-2-4-8-18(16)20)13-9-11-14(12-10-13)21(23,24)25/h1-12H. The molecule has 0 nitrogen and oxygen atoms in total. The highest BCUT2D eigenvalue weighted by Crippen LogP contribution is 2.37. The molecular weight excluding hydrogens is 320 g/mol. The van der Waals surface area contributed by atoms with Crippen molar-refractivity contribution >= 4 is 34.9 Å². The van der Waals surface area contributed by atoms with Crippen LogP contribution in [0, 0.1) is 0 Å². The van der Waals surface area contributed by atoms with Gasteiger partial charge in [-0.25, -0.2) is 0 Å². The Morgan fingerprint density at radius 1 is 0.600 bits per heavy atom. The van der Waals surface area contributed by atoms with Gasteiger partial charge in [-0.1, -0.05) is 66.1 Å². The van der Waals surface area contributed by atoms with E-state index < -0.39 is 11.7 Å². The molecule has 4 heteroatoms. The summed E-state index contributed by atoms with van der Waals surface area (Å²) < 4.78 is 38.6. The molecule has 0 aliphatic heterocycles. The molecule has 4 rings (SSSR count). The molecule has 0 saturated heterocycles. The van der Waals surface area contributed by atoms with E-state index in [9.17, 15) is 13.2 Å². The number of benzene rings is 4. The molecule has 0 atom stereocenters. The Labute approximate surface area is 144 Å². The van der Waals surface area contributed by atoms with E-state index >= 15 is 0 Å². The van der Waals surface area contributed by atoms with E-state index in [4.69, 9.17) is 7.85 Å². The first-order chi connectivity index (χ1) is 12.0. The molecule has 4 aromatic rings. The van der Waals surface area contributed by atoms with Gasteiger partial charge in [-0.15, -0.1) is 0 Å². The first-order valence-corrected chi connectivity index (χ1v) is 7.83. The van der Waals surface area contributed by atoms with Gasteiger partial charge in [0.2, 0.25) is 0 Å². The molecule has 0 heterocycles. The summed E-state index contributed by atoms with van der Waals surface area (Å²) in [6.07, 6.45) is -4.34. The third kappa shape index (κ3) is 2.58. The highest BCUT2D eigenvalue weighted by Gasteiger charge is 2.30. The normalized spacial score (nSPS) is 12.0. The first kappa shape index (κ1) is 15.8. The summed E-state index contributed by atoms with van der Waals surface area (Å²) >= 11 is 0. The van der Waals surface area contributed by atoms with E-state index in [2.05, 4.69) is 0 Å². The molecule has 4 aromatic carbocycles. The van der Waals surface area contributed by atoms with Crippen LogP contribution in [0.15, 0.2) is 72.8 Å². The molecule has 0 aliphatic rings. The second-order valence-corrected chi connectivity index (χ2v) is 5.95. The van der Waals surface area contributed by atoms with E-state index in [-0.39, 0.29) is 0 Å². The van der Waals surface area contributed by atoms with Crippen molar-refractivity contribution in [3.8, 4) is 11.1 Å². The highest BCUT2D eigenvalue weighted by molar-refractivity contribution is 6.46. The molecule has 0 saturated carbocycles. The van der Waals surface area contributed by atoms with Gasteiger partial charge in [0.1, 0.15) is 7.85 Å². The maximum atomic E-state index is 12.9. The predicted molar refractivity (Wildman–Crippen MR) is 97.3 cm³/mol. The van der Waals surface area contributed by atoms with Gasteiger partial charge in [-0.05, 0) is 44.8 Å². The molecular formula is C21H12BF3. The lowest BCUT2D eigenvalue weighted by atomic mass is 9.81. The first-order valence-electron chi connectivity index (χ1n) is 7.83. The van der Waals surface area contributed by atoms with Crippen molar-refractivity contribution in [1.82, 2.24) is 0 Å². The summed E-state index contributed by atoms with van der Waals surface area (Å²) in [6, 6.07) is 20.7. The fraction of sp³-hybridized carbons (Fsp3) is 0.0476. The van der Waals surface area contributed by atoms with E-state index in [0.29, 0.717) is 5.46 Å². The third-order valence-electron chi connectivity index (χ3n) is 4.47. The third-order valence-corrected chi connectivity index (χ3v) is 4.47. The molecule has 0 unspecified atom stereocenters.